The highest BCUT2D eigenvalue weighted by Gasteiger charge is 2.21. The van der Waals surface area contributed by atoms with Crippen molar-refractivity contribution in [1.82, 2.24) is 15.1 Å². The minimum absolute atomic E-state index is 0.0914. The van der Waals surface area contributed by atoms with E-state index < -0.39 is 11.9 Å². The van der Waals surface area contributed by atoms with E-state index in [1.165, 1.54) is 6.20 Å². The van der Waals surface area contributed by atoms with E-state index in [4.69, 9.17) is 11.6 Å². The fraction of sp³-hybridized carbons (Fsp3) is 0.389. The van der Waals surface area contributed by atoms with E-state index in [0.717, 1.165) is 5.69 Å². The third-order valence-electron chi connectivity index (χ3n) is 3.92. The standard InChI is InChI=1S/C18H22ClN3O3/c1-11(2)7-13(18(24)25)9-20-17(23)16-10-21-22(12(16)3)15-6-4-5-14(19)8-15/h4-6,8,10-11,13H,7,9H2,1-3H3,(H,20,23)(H,24,25). The van der Waals surface area contributed by atoms with Gasteiger partial charge in [-0.1, -0.05) is 31.5 Å². The molecule has 0 aliphatic heterocycles. The van der Waals surface area contributed by atoms with Gasteiger partial charge in [-0.2, -0.15) is 5.10 Å². The van der Waals surface area contributed by atoms with Crippen molar-refractivity contribution >= 4 is 23.5 Å². The van der Waals surface area contributed by atoms with Gasteiger partial charge in [0, 0.05) is 11.6 Å². The van der Waals surface area contributed by atoms with Crippen LogP contribution >= 0.6 is 11.6 Å². The molecule has 2 aromatic rings. The fourth-order valence-electron chi connectivity index (χ4n) is 2.65. The third kappa shape index (κ3) is 4.82. The molecule has 6 nitrogen and oxygen atoms in total. The average Bonchev–Trinajstić information content (AvgIpc) is 2.92. The van der Waals surface area contributed by atoms with Crippen LogP contribution in [-0.2, 0) is 4.79 Å². The van der Waals surface area contributed by atoms with Gasteiger partial charge in [0.25, 0.3) is 5.91 Å². The number of amides is 1. The van der Waals surface area contributed by atoms with Crippen LogP contribution < -0.4 is 5.32 Å². The summed E-state index contributed by atoms with van der Waals surface area (Å²) in [6.07, 6.45) is 1.99. The molecule has 2 rings (SSSR count). The lowest BCUT2D eigenvalue weighted by molar-refractivity contribution is -0.142. The first-order valence-electron chi connectivity index (χ1n) is 8.11. The molecule has 25 heavy (non-hydrogen) atoms. The minimum Gasteiger partial charge on any atom is -0.481 e. The number of nitrogens with zero attached hydrogens (tertiary/aromatic N) is 2. The number of carboxylic acids is 1. The van der Waals surface area contributed by atoms with Crippen LogP contribution in [-0.4, -0.2) is 33.3 Å². The molecule has 2 N–H and O–H groups in total. The Morgan fingerprint density at radius 3 is 2.68 bits per heavy atom. The molecule has 0 radical (unpaired) electrons. The van der Waals surface area contributed by atoms with Crippen molar-refractivity contribution in [1.29, 1.82) is 0 Å². The van der Waals surface area contributed by atoms with Crippen molar-refractivity contribution in [2.75, 3.05) is 6.54 Å². The lowest BCUT2D eigenvalue weighted by atomic mass is 9.97. The predicted molar refractivity (Wildman–Crippen MR) is 96.2 cm³/mol. The Bertz CT molecular complexity index is 771. The number of aliphatic carboxylic acids is 1. The van der Waals surface area contributed by atoms with Gasteiger partial charge in [0.05, 0.1) is 29.1 Å². The Kier molecular flexibility index (Phi) is 6.20. The lowest BCUT2D eigenvalue weighted by Crippen LogP contribution is -2.33. The molecule has 0 bridgehead atoms. The molecule has 7 heteroatoms. The zero-order chi connectivity index (χ0) is 18.6. The zero-order valence-corrected chi connectivity index (χ0v) is 15.2. The van der Waals surface area contributed by atoms with Gasteiger partial charge in [-0.15, -0.1) is 0 Å². The highest BCUT2D eigenvalue weighted by atomic mass is 35.5. The maximum Gasteiger partial charge on any atom is 0.308 e. The van der Waals surface area contributed by atoms with Crippen molar-refractivity contribution < 1.29 is 14.7 Å². The van der Waals surface area contributed by atoms with Crippen LogP contribution in [0.5, 0.6) is 0 Å². The number of halogens is 1. The number of hydrogen-bond acceptors (Lipinski definition) is 3. The first-order valence-corrected chi connectivity index (χ1v) is 8.49. The third-order valence-corrected chi connectivity index (χ3v) is 4.16. The number of carboxylic acid groups (broad SMARTS) is 1. The molecule has 134 valence electrons. The molecular weight excluding hydrogens is 342 g/mol. The first-order chi connectivity index (χ1) is 11.8. The SMILES string of the molecule is Cc1c(C(=O)NCC(CC(C)C)C(=O)O)cnn1-c1cccc(Cl)c1. The molecule has 0 aliphatic carbocycles. The number of carbonyl (C=O) groups excluding carboxylic acids is 1. The Balaban J connectivity index is 2.11. The Morgan fingerprint density at radius 1 is 1.36 bits per heavy atom. The van der Waals surface area contributed by atoms with Crippen LogP contribution in [0.3, 0.4) is 0 Å². The summed E-state index contributed by atoms with van der Waals surface area (Å²) in [7, 11) is 0. The average molecular weight is 364 g/mol. The summed E-state index contributed by atoms with van der Waals surface area (Å²) in [4.78, 5) is 23.7. The summed E-state index contributed by atoms with van der Waals surface area (Å²) >= 11 is 6.00. The van der Waals surface area contributed by atoms with Crippen LogP contribution in [0.2, 0.25) is 5.02 Å². The molecule has 1 aromatic heterocycles. The Hall–Kier alpha value is -2.34. The van der Waals surface area contributed by atoms with E-state index in [1.807, 2.05) is 26.0 Å². The van der Waals surface area contributed by atoms with E-state index >= 15 is 0 Å². The quantitative estimate of drug-likeness (QED) is 0.790. The molecule has 0 saturated heterocycles. The second-order valence-electron chi connectivity index (χ2n) is 6.41. The van der Waals surface area contributed by atoms with Gasteiger partial charge in [-0.05, 0) is 37.5 Å². The number of nitrogens with one attached hydrogen (secondary N) is 1. The summed E-state index contributed by atoms with van der Waals surface area (Å²) in [5.41, 5.74) is 1.83. The van der Waals surface area contributed by atoms with Crippen molar-refractivity contribution in [3.63, 3.8) is 0 Å². The molecule has 1 aromatic carbocycles. The number of carbonyl (C=O) groups is 2. The fourth-order valence-corrected chi connectivity index (χ4v) is 2.84. The number of hydrogen-bond donors (Lipinski definition) is 2. The monoisotopic (exact) mass is 363 g/mol. The summed E-state index contributed by atoms with van der Waals surface area (Å²) in [6, 6.07) is 7.17. The summed E-state index contributed by atoms with van der Waals surface area (Å²) in [5.74, 6) is -1.60. The van der Waals surface area contributed by atoms with E-state index in [2.05, 4.69) is 10.4 Å². The van der Waals surface area contributed by atoms with Crippen molar-refractivity contribution in [2.45, 2.75) is 27.2 Å². The van der Waals surface area contributed by atoms with Gasteiger partial charge in [-0.3, -0.25) is 9.59 Å². The summed E-state index contributed by atoms with van der Waals surface area (Å²) in [5, 5.41) is 16.8. The van der Waals surface area contributed by atoms with Crippen LogP contribution in [0.15, 0.2) is 30.5 Å². The molecule has 0 aliphatic rings. The van der Waals surface area contributed by atoms with E-state index in [-0.39, 0.29) is 18.4 Å². The maximum atomic E-state index is 12.4. The number of rotatable bonds is 7. The lowest BCUT2D eigenvalue weighted by Gasteiger charge is -2.15. The normalized spacial score (nSPS) is 12.2. The smallest absolute Gasteiger partial charge is 0.308 e. The molecule has 0 saturated carbocycles. The van der Waals surface area contributed by atoms with Crippen LogP contribution in [0.25, 0.3) is 5.69 Å². The molecular formula is C18H22ClN3O3. The highest BCUT2D eigenvalue weighted by Crippen LogP contribution is 2.18. The Labute approximate surface area is 151 Å². The van der Waals surface area contributed by atoms with E-state index in [1.54, 1.807) is 23.7 Å². The number of aromatic nitrogens is 2. The molecule has 0 fully saturated rings. The second-order valence-corrected chi connectivity index (χ2v) is 6.85. The van der Waals surface area contributed by atoms with Crippen molar-refractivity contribution in [3.05, 3.63) is 46.7 Å². The van der Waals surface area contributed by atoms with Crippen LogP contribution in [0.4, 0.5) is 0 Å². The van der Waals surface area contributed by atoms with Crippen molar-refractivity contribution in [3.8, 4) is 5.69 Å². The van der Waals surface area contributed by atoms with Gasteiger partial charge < -0.3 is 10.4 Å². The van der Waals surface area contributed by atoms with Gasteiger partial charge in [0.15, 0.2) is 0 Å². The summed E-state index contributed by atoms with van der Waals surface area (Å²) in [6.45, 7) is 5.79. The van der Waals surface area contributed by atoms with Gasteiger partial charge >= 0.3 is 5.97 Å². The van der Waals surface area contributed by atoms with Crippen molar-refractivity contribution in [2.24, 2.45) is 11.8 Å². The minimum atomic E-state index is -0.902. The molecule has 1 amide bonds. The van der Waals surface area contributed by atoms with E-state index in [9.17, 15) is 14.7 Å². The molecule has 1 atom stereocenters. The van der Waals surface area contributed by atoms with E-state index in [0.29, 0.717) is 22.7 Å². The largest absolute Gasteiger partial charge is 0.481 e. The molecule has 1 heterocycles. The number of benzene rings is 1. The molecule has 0 spiro atoms. The zero-order valence-electron chi connectivity index (χ0n) is 14.5. The Morgan fingerprint density at radius 2 is 2.08 bits per heavy atom. The van der Waals surface area contributed by atoms with Gasteiger partial charge in [0.2, 0.25) is 0 Å². The second kappa shape index (κ2) is 8.16. The van der Waals surface area contributed by atoms with Gasteiger partial charge in [0.1, 0.15) is 0 Å². The molecule has 1 unspecified atom stereocenters. The topological polar surface area (TPSA) is 84.2 Å². The first kappa shape index (κ1) is 19.0. The highest BCUT2D eigenvalue weighted by molar-refractivity contribution is 6.30. The van der Waals surface area contributed by atoms with Gasteiger partial charge in [-0.25, -0.2) is 4.68 Å². The van der Waals surface area contributed by atoms with Crippen LogP contribution in [0.1, 0.15) is 36.3 Å². The summed E-state index contributed by atoms with van der Waals surface area (Å²) < 4.78 is 1.63. The predicted octanol–water partition coefficient (Wildman–Crippen LogP) is 3.31. The maximum absolute atomic E-state index is 12.4. The van der Waals surface area contributed by atoms with Crippen LogP contribution in [0, 0.1) is 18.8 Å².